The van der Waals surface area contributed by atoms with Crippen molar-refractivity contribution in [3.05, 3.63) is 23.2 Å². The number of hydrogen-bond donors (Lipinski definition) is 1. The van der Waals surface area contributed by atoms with Gasteiger partial charge in [-0.15, -0.1) is 0 Å². The molecule has 0 spiro atoms. The van der Waals surface area contributed by atoms with Crippen LogP contribution in [0, 0.1) is 0 Å². The maximum atomic E-state index is 11.7. The maximum absolute atomic E-state index is 11.7. The van der Waals surface area contributed by atoms with E-state index in [4.69, 9.17) is 11.6 Å². The minimum Gasteiger partial charge on any atom is -0.326 e. The third-order valence-electron chi connectivity index (χ3n) is 2.92. The second kappa shape index (κ2) is 6.39. The van der Waals surface area contributed by atoms with Gasteiger partial charge in [0.25, 0.3) is 0 Å². The highest BCUT2D eigenvalue weighted by atomic mass is 79.9. The summed E-state index contributed by atoms with van der Waals surface area (Å²) in [5.41, 5.74) is 1.36. The van der Waals surface area contributed by atoms with Gasteiger partial charge >= 0.3 is 0 Å². The van der Waals surface area contributed by atoms with Gasteiger partial charge in [-0.25, -0.2) is 0 Å². The Hall–Kier alpha value is -1.07. The lowest BCUT2D eigenvalue weighted by molar-refractivity contribution is -0.117. The molecule has 1 aliphatic heterocycles. The molecule has 4 nitrogen and oxygen atoms in total. The second-order valence-corrected chi connectivity index (χ2v) is 5.50. The molecule has 2 amide bonds. The minimum absolute atomic E-state index is 0.0714. The summed E-state index contributed by atoms with van der Waals surface area (Å²) in [5, 5.41) is 3.85. The van der Waals surface area contributed by atoms with E-state index >= 15 is 0 Å². The molecule has 0 bridgehead atoms. The lowest BCUT2D eigenvalue weighted by Gasteiger charge is -2.18. The first-order valence-corrected chi connectivity index (χ1v) is 7.57. The summed E-state index contributed by atoms with van der Waals surface area (Å²) >= 11 is 9.39. The lowest BCUT2D eigenvalue weighted by atomic mass is 10.2. The van der Waals surface area contributed by atoms with Gasteiger partial charge in [0.1, 0.15) is 0 Å². The first kappa shape index (κ1) is 14.3. The SMILES string of the molecule is O=C(CCBr)Nc1ccc(N2CCCC2=O)c(Cl)c1. The molecule has 0 saturated carbocycles. The van der Waals surface area contributed by atoms with Gasteiger partial charge in [0.15, 0.2) is 0 Å². The average molecular weight is 346 g/mol. The number of benzene rings is 1. The van der Waals surface area contributed by atoms with Crippen molar-refractivity contribution in [2.75, 3.05) is 22.1 Å². The summed E-state index contributed by atoms with van der Waals surface area (Å²) < 4.78 is 0. The van der Waals surface area contributed by atoms with Crippen molar-refractivity contribution < 1.29 is 9.59 Å². The van der Waals surface area contributed by atoms with Crippen molar-refractivity contribution in [3.8, 4) is 0 Å². The highest BCUT2D eigenvalue weighted by Crippen LogP contribution is 2.31. The number of halogens is 2. The fourth-order valence-corrected chi connectivity index (χ4v) is 2.66. The molecule has 0 atom stereocenters. The van der Waals surface area contributed by atoms with Crippen LogP contribution in [0.4, 0.5) is 11.4 Å². The molecular weight excluding hydrogens is 332 g/mol. The Labute approximate surface area is 125 Å². The summed E-state index contributed by atoms with van der Waals surface area (Å²) in [6.07, 6.45) is 1.84. The van der Waals surface area contributed by atoms with E-state index in [0.717, 1.165) is 6.42 Å². The zero-order valence-electron chi connectivity index (χ0n) is 10.3. The molecule has 1 aromatic rings. The van der Waals surface area contributed by atoms with Crippen LogP contribution in [0.15, 0.2) is 18.2 Å². The third-order valence-corrected chi connectivity index (χ3v) is 3.62. The standard InChI is InChI=1S/C13H14BrClN2O2/c14-6-5-12(18)16-9-3-4-11(10(15)8-9)17-7-1-2-13(17)19/h3-4,8H,1-2,5-7H2,(H,16,18). The zero-order chi connectivity index (χ0) is 13.8. The monoisotopic (exact) mass is 344 g/mol. The van der Waals surface area contributed by atoms with Gasteiger partial charge in [0.2, 0.25) is 11.8 Å². The third kappa shape index (κ3) is 3.48. The van der Waals surface area contributed by atoms with Crippen molar-refractivity contribution in [2.45, 2.75) is 19.3 Å². The van der Waals surface area contributed by atoms with Gasteiger partial charge in [0, 0.05) is 30.4 Å². The summed E-state index contributed by atoms with van der Waals surface area (Å²) in [5.74, 6) is 0.0240. The van der Waals surface area contributed by atoms with Crippen LogP contribution < -0.4 is 10.2 Å². The number of rotatable bonds is 4. The first-order valence-electron chi connectivity index (χ1n) is 6.07. The van der Waals surface area contributed by atoms with Gasteiger partial charge in [0.05, 0.1) is 10.7 Å². The molecule has 1 aliphatic rings. The van der Waals surface area contributed by atoms with Crippen LogP contribution in [0.5, 0.6) is 0 Å². The topological polar surface area (TPSA) is 49.4 Å². The Morgan fingerprint density at radius 1 is 1.47 bits per heavy atom. The number of nitrogens with zero attached hydrogens (tertiary/aromatic N) is 1. The van der Waals surface area contributed by atoms with Crippen LogP contribution in [0.2, 0.25) is 5.02 Å². The predicted octanol–water partition coefficient (Wildman–Crippen LogP) is 3.19. The lowest BCUT2D eigenvalue weighted by Crippen LogP contribution is -2.24. The molecule has 1 saturated heterocycles. The minimum atomic E-state index is -0.0714. The highest BCUT2D eigenvalue weighted by molar-refractivity contribution is 9.09. The van der Waals surface area contributed by atoms with Crippen LogP contribution >= 0.6 is 27.5 Å². The number of hydrogen-bond acceptors (Lipinski definition) is 2. The normalized spacial score (nSPS) is 14.8. The van der Waals surface area contributed by atoms with E-state index in [1.807, 2.05) is 0 Å². The number of carbonyl (C=O) groups is 2. The van der Waals surface area contributed by atoms with Gasteiger partial charge in [-0.05, 0) is 24.6 Å². The molecule has 1 heterocycles. The molecule has 0 aromatic heterocycles. The molecule has 0 aliphatic carbocycles. The van der Waals surface area contributed by atoms with Crippen LogP contribution in [0.3, 0.4) is 0 Å². The van der Waals surface area contributed by atoms with E-state index in [2.05, 4.69) is 21.2 Å². The van der Waals surface area contributed by atoms with Crippen LogP contribution in [-0.4, -0.2) is 23.7 Å². The molecule has 1 fully saturated rings. The van der Waals surface area contributed by atoms with Crippen molar-refractivity contribution in [1.82, 2.24) is 0 Å². The Balaban J connectivity index is 2.13. The number of amides is 2. The van der Waals surface area contributed by atoms with Gasteiger partial charge in [-0.2, -0.15) is 0 Å². The summed E-state index contributed by atoms with van der Waals surface area (Å²) in [6.45, 7) is 0.702. The molecule has 1 aromatic carbocycles. The van der Waals surface area contributed by atoms with E-state index in [1.165, 1.54) is 0 Å². The molecule has 102 valence electrons. The van der Waals surface area contributed by atoms with E-state index in [-0.39, 0.29) is 11.8 Å². The second-order valence-electron chi connectivity index (χ2n) is 4.30. The number of anilines is 2. The van der Waals surface area contributed by atoms with E-state index in [1.54, 1.807) is 23.1 Å². The quantitative estimate of drug-likeness (QED) is 0.852. The zero-order valence-corrected chi connectivity index (χ0v) is 12.6. The van der Waals surface area contributed by atoms with E-state index in [0.29, 0.717) is 41.1 Å². The first-order chi connectivity index (χ1) is 9.11. The van der Waals surface area contributed by atoms with E-state index < -0.39 is 0 Å². The van der Waals surface area contributed by atoms with Crippen molar-refractivity contribution in [3.63, 3.8) is 0 Å². The number of carbonyl (C=O) groups excluding carboxylic acids is 2. The molecule has 19 heavy (non-hydrogen) atoms. The number of nitrogens with one attached hydrogen (secondary N) is 1. The smallest absolute Gasteiger partial charge is 0.227 e. The van der Waals surface area contributed by atoms with Crippen LogP contribution in [-0.2, 0) is 9.59 Å². The van der Waals surface area contributed by atoms with Gasteiger partial charge < -0.3 is 10.2 Å². The summed E-state index contributed by atoms with van der Waals surface area (Å²) in [7, 11) is 0. The van der Waals surface area contributed by atoms with E-state index in [9.17, 15) is 9.59 Å². The van der Waals surface area contributed by atoms with Crippen molar-refractivity contribution in [2.24, 2.45) is 0 Å². The van der Waals surface area contributed by atoms with Crippen molar-refractivity contribution in [1.29, 1.82) is 0 Å². The predicted molar refractivity (Wildman–Crippen MR) is 80.1 cm³/mol. The Morgan fingerprint density at radius 3 is 2.84 bits per heavy atom. The molecule has 2 rings (SSSR count). The molecule has 1 N–H and O–H groups in total. The fourth-order valence-electron chi connectivity index (χ4n) is 2.02. The van der Waals surface area contributed by atoms with Crippen LogP contribution in [0.25, 0.3) is 0 Å². The molecular formula is C13H14BrClN2O2. The highest BCUT2D eigenvalue weighted by Gasteiger charge is 2.23. The summed E-state index contributed by atoms with van der Waals surface area (Å²) in [6, 6.07) is 5.21. The largest absolute Gasteiger partial charge is 0.326 e. The number of alkyl halides is 1. The fraction of sp³-hybridized carbons (Fsp3) is 0.385. The van der Waals surface area contributed by atoms with Crippen LogP contribution in [0.1, 0.15) is 19.3 Å². The Bertz CT molecular complexity index is 507. The van der Waals surface area contributed by atoms with Gasteiger partial charge in [-0.3, -0.25) is 9.59 Å². The average Bonchev–Trinajstić information content (AvgIpc) is 2.76. The maximum Gasteiger partial charge on any atom is 0.227 e. The molecule has 6 heteroatoms. The Morgan fingerprint density at radius 2 is 2.26 bits per heavy atom. The van der Waals surface area contributed by atoms with Crippen molar-refractivity contribution >= 4 is 50.7 Å². The summed E-state index contributed by atoms with van der Waals surface area (Å²) in [4.78, 5) is 24.8. The molecule has 0 unspecified atom stereocenters. The Kier molecular flexibility index (Phi) is 4.82. The molecule has 0 radical (unpaired) electrons. The van der Waals surface area contributed by atoms with Gasteiger partial charge in [-0.1, -0.05) is 27.5 Å².